The van der Waals surface area contributed by atoms with E-state index in [4.69, 9.17) is 9.47 Å². The normalized spacial score (nSPS) is 26.3. The number of piperidine rings is 1. The number of hydrogen-bond donors (Lipinski definition) is 1. The molecule has 1 unspecified atom stereocenters. The van der Waals surface area contributed by atoms with Crippen LogP contribution in [0.2, 0.25) is 0 Å². The molecule has 106 valence electrons. The number of aliphatic hydroxyl groups is 1. The summed E-state index contributed by atoms with van der Waals surface area (Å²) in [5.74, 6) is 0.844. The summed E-state index contributed by atoms with van der Waals surface area (Å²) in [5.41, 5.74) is 0. The summed E-state index contributed by atoms with van der Waals surface area (Å²) in [4.78, 5) is 2.36. The van der Waals surface area contributed by atoms with Crippen molar-refractivity contribution in [3.63, 3.8) is 0 Å². The Morgan fingerprint density at radius 2 is 1.89 bits per heavy atom. The molecule has 2 saturated heterocycles. The number of rotatable bonds is 5. The Kier molecular flexibility index (Phi) is 5.89. The zero-order valence-corrected chi connectivity index (χ0v) is 11.5. The predicted octanol–water partition coefficient (Wildman–Crippen LogP) is 1.27. The number of hydrogen-bond acceptors (Lipinski definition) is 4. The van der Waals surface area contributed by atoms with Crippen molar-refractivity contribution in [2.75, 3.05) is 39.5 Å². The first kappa shape index (κ1) is 14.3. The molecule has 0 spiro atoms. The molecule has 2 heterocycles. The average molecular weight is 257 g/mol. The minimum Gasteiger partial charge on any atom is -0.389 e. The van der Waals surface area contributed by atoms with Gasteiger partial charge < -0.3 is 19.5 Å². The Labute approximate surface area is 110 Å². The predicted molar refractivity (Wildman–Crippen MR) is 70.6 cm³/mol. The molecule has 0 aromatic heterocycles. The molecule has 2 rings (SSSR count). The second-order valence-electron chi connectivity index (χ2n) is 5.78. The monoisotopic (exact) mass is 257 g/mol. The van der Waals surface area contributed by atoms with Gasteiger partial charge in [-0.15, -0.1) is 0 Å². The Bertz CT molecular complexity index is 223. The maximum Gasteiger partial charge on any atom is 0.0900 e. The fraction of sp³-hybridized carbons (Fsp3) is 1.00. The summed E-state index contributed by atoms with van der Waals surface area (Å²) in [6.07, 6.45) is 4.39. The van der Waals surface area contributed by atoms with Crippen molar-refractivity contribution in [3.05, 3.63) is 0 Å². The van der Waals surface area contributed by atoms with E-state index in [1.54, 1.807) is 0 Å². The largest absolute Gasteiger partial charge is 0.389 e. The Morgan fingerprint density at radius 3 is 2.56 bits per heavy atom. The fourth-order valence-corrected chi connectivity index (χ4v) is 2.69. The molecule has 1 N–H and O–H groups in total. The van der Waals surface area contributed by atoms with E-state index >= 15 is 0 Å². The third-order valence-electron chi connectivity index (χ3n) is 4.04. The summed E-state index contributed by atoms with van der Waals surface area (Å²) in [5, 5.41) is 10.0. The number of nitrogens with zero attached hydrogens (tertiary/aromatic N) is 1. The molecular weight excluding hydrogens is 230 g/mol. The van der Waals surface area contributed by atoms with Gasteiger partial charge in [0.05, 0.1) is 18.8 Å². The first-order chi connectivity index (χ1) is 8.74. The maximum absolute atomic E-state index is 10.0. The molecule has 4 heteroatoms. The van der Waals surface area contributed by atoms with Gasteiger partial charge in [0, 0.05) is 19.8 Å². The van der Waals surface area contributed by atoms with E-state index in [2.05, 4.69) is 11.8 Å². The van der Waals surface area contributed by atoms with Crippen LogP contribution in [0.3, 0.4) is 0 Å². The van der Waals surface area contributed by atoms with Gasteiger partial charge in [-0.25, -0.2) is 0 Å². The van der Waals surface area contributed by atoms with Crippen LogP contribution in [0.15, 0.2) is 0 Å². The third kappa shape index (κ3) is 4.84. The third-order valence-corrected chi connectivity index (χ3v) is 4.04. The Morgan fingerprint density at radius 1 is 1.22 bits per heavy atom. The van der Waals surface area contributed by atoms with Crippen LogP contribution in [0.5, 0.6) is 0 Å². The lowest BCUT2D eigenvalue weighted by Gasteiger charge is -2.32. The van der Waals surface area contributed by atoms with Crippen LogP contribution in [-0.2, 0) is 9.47 Å². The number of ether oxygens (including phenoxy) is 2. The van der Waals surface area contributed by atoms with E-state index in [0.29, 0.717) is 6.61 Å². The first-order valence-corrected chi connectivity index (χ1v) is 7.34. The highest BCUT2D eigenvalue weighted by Crippen LogP contribution is 2.16. The van der Waals surface area contributed by atoms with Gasteiger partial charge in [0.25, 0.3) is 0 Å². The minimum atomic E-state index is -0.346. The smallest absolute Gasteiger partial charge is 0.0900 e. The first-order valence-electron chi connectivity index (χ1n) is 7.34. The molecule has 0 aliphatic carbocycles. The van der Waals surface area contributed by atoms with Crippen molar-refractivity contribution in [1.82, 2.24) is 4.90 Å². The second kappa shape index (κ2) is 7.43. The molecule has 0 amide bonds. The van der Waals surface area contributed by atoms with Gasteiger partial charge in [-0.2, -0.15) is 0 Å². The van der Waals surface area contributed by atoms with Gasteiger partial charge in [0.2, 0.25) is 0 Å². The summed E-state index contributed by atoms with van der Waals surface area (Å²) in [6, 6.07) is 0. The standard InChI is InChI=1S/C14H27NO3/c1-12-2-6-15(7-3-12)10-13(16)11-18-14-4-8-17-9-5-14/h12-14,16H,2-11H2,1H3. The molecule has 1 atom stereocenters. The van der Waals surface area contributed by atoms with Gasteiger partial charge in [-0.1, -0.05) is 6.92 Å². The molecule has 2 aliphatic heterocycles. The molecular formula is C14H27NO3. The second-order valence-corrected chi connectivity index (χ2v) is 5.78. The van der Waals surface area contributed by atoms with E-state index < -0.39 is 0 Å². The summed E-state index contributed by atoms with van der Waals surface area (Å²) < 4.78 is 11.0. The van der Waals surface area contributed by atoms with Crippen LogP contribution in [0.25, 0.3) is 0 Å². The summed E-state index contributed by atoms with van der Waals surface area (Å²) in [6.45, 7) is 7.37. The molecule has 2 fully saturated rings. The molecule has 18 heavy (non-hydrogen) atoms. The topological polar surface area (TPSA) is 41.9 Å². The van der Waals surface area contributed by atoms with Crippen LogP contribution in [0, 0.1) is 5.92 Å². The van der Waals surface area contributed by atoms with Crippen LogP contribution >= 0.6 is 0 Å². The fourth-order valence-electron chi connectivity index (χ4n) is 2.69. The van der Waals surface area contributed by atoms with Crippen LogP contribution in [0.1, 0.15) is 32.6 Å². The Balaban J connectivity index is 1.58. The molecule has 0 saturated carbocycles. The van der Waals surface area contributed by atoms with E-state index in [9.17, 15) is 5.11 Å². The molecule has 0 aromatic rings. The lowest BCUT2D eigenvalue weighted by molar-refractivity contribution is -0.0652. The van der Waals surface area contributed by atoms with E-state index in [1.165, 1.54) is 12.8 Å². The van der Waals surface area contributed by atoms with Crippen molar-refractivity contribution >= 4 is 0 Å². The molecule has 2 aliphatic rings. The quantitative estimate of drug-likeness (QED) is 0.805. The van der Waals surface area contributed by atoms with Gasteiger partial charge in [-0.3, -0.25) is 0 Å². The number of aliphatic hydroxyl groups excluding tert-OH is 1. The van der Waals surface area contributed by atoms with Gasteiger partial charge in [0.1, 0.15) is 0 Å². The van der Waals surface area contributed by atoms with Crippen LogP contribution < -0.4 is 0 Å². The van der Waals surface area contributed by atoms with Crippen molar-refractivity contribution in [2.24, 2.45) is 5.92 Å². The van der Waals surface area contributed by atoms with Crippen molar-refractivity contribution in [3.8, 4) is 0 Å². The summed E-state index contributed by atoms with van der Waals surface area (Å²) >= 11 is 0. The zero-order valence-electron chi connectivity index (χ0n) is 11.5. The lowest BCUT2D eigenvalue weighted by Crippen LogP contribution is -2.40. The molecule has 0 aromatic carbocycles. The highest BCUT2D eigenvalue weighted by atomic mass is 16.5. The van der Waals surface area contributed by atoms with Gasteiger partial charge in [-0.05, 0) is 44.7 Å². The number of likely N-dealkylation sites (tertiary alicyclic amines) is 1. The van der Waals surface area contributed by atoms with E-state index in [-0.39, 0.29) is 12.2 Å². The maximum atomic E-state index is 10.0. The molecule has 0 bridgehead atoms. The zero-order chi connectivity index (χ0) is 12.8. The lowest BCUT2D eigenvalue weighted by atomic mass is 9.99. The SMILES string of the molecule is CC1CCN(CC(O)COC2CCOCC2)CC1. The summed E-state index contributed by atoms with van der Waals surface area (Å²) in [7, 11) is 0. The van der Waals surface area contributed by atoms with Crippen molar-refractivity contribution in [1.29, 1.82) is 0 Å². The molecule has 0 radical (unpaired) electrons. The van der Waals surface area contributed by atoms with Gasteiger partial charge >= 0.3 is 0 Å². The van der Waals surface area contributed by atoms with E-state index in [1.807, 2.05) is 0 Å². The van der Waals surface area contributed by atoms with Gasteiger partial charge in [0.15, 0.2) is 0 Å². The average Bonchev–Trinajstić information content (AvgIpc) is 2.40. The van der Waals surface area contributed by atoms with Crippen molar-refractivity contribution < 1.29 is 14.6 Å². The minimum absolute atomic E-state index is 0.287. The van der Waals surface area contributed by atoms with E-state index in [0.717, 1.165) is 51.6 Å². The van der Waals surface area contributed by atoms with Crippen LogP contribution in [-0.4, -0.2) is 61.7 Å². The Hall–Kier alpha value is -0.160. The molecule has 4 nitrogen and oxygen atoms in total. The highest BCUT2D eigenvalue weighted by molar-refractivity contribution is 4.72. The van der Waals surface area contributed by atoms with Crippen LogP contribution in [0.4, 0.5) is 0 Å². The van der Waals surface area contributed by atoms with Crippen molar-refractivity contribution in [2.45, 2.75) is 44.8 Å². The highest BCUT2D eigenvalue weighted by Gasteiger charge is 2.20. The number of β-amino-alcohol motifs (C(OH)–C–C–N with tert-alkyl or cyclic N) is 1.